The van der Waals surface area contributed by atoms with Crippen LogP contribution in [0.1, 0.15) is 48.0 Å². The molecule has 1 heterocycles. The zero-order valence-electron chi connectivity index (χ0n) is 16.6. The molecule has 2 aromatic carbocycles. The number of nitrogens with zero attached hydrogens (tertiary/aromatic N) is 2. The van der Waals surface area contributed by atoms with Crippen LogP contribution in [0, 0.1) is 12.8 Å². The van der Waals surface area contributed by atoms with Gasteiger partial charge in [0.25, 0.3) is 0 Å². The third-order valence-corrected chi connectivity index (χ3v) is 5.73. The second kappa shape index (κ2) is 8.05. The van der Waals surface area contributed by atoms with E-state index in [4.69, 9.17) is 9.72 Å². The van der Waals surface area contributed by atoms with Crippen LogP contribution in [0.25, 0.3) is 11.0 Å². The lowest BCUT2D eigenvalue weighted by Gasteiger charge is -2.23. The lowest BCUT2D eigenvalue weighted by molar-refractivity contribution is 0.0601. The molecule has 1 saturated carbocycles. The summed E-state index contributed by atoms with van der Waals surface area (Å²) in [6, 6.07) is 13.9. The Hall–Kier alpha value is -2.82. The summed E-state index contributed by atoms with van der Waals surface area (Å²) >= 11 is 0. The number of imidazole rings is 1. The molecule has 5 heteroatoms. The number of hydrogen-bond donors (Lipinski definition) is 1. The molecule has 0 atom stereocenters. The minimum atomic E-state index is -0.336. The number of carbonyl (C=O) groups excluding carboxylic acids is 1. The number of methoxy groups -OCH3 is 1. The molecule has 1 N–H and O–H groups in total. The van der Waals surface area contributed by atoms with E-state index in [1.54, 1.807) is 0 Å². The van der Waals surface area contributed by atoms with Gasteiger partial charge in [-0.3, -0.25) is 0 Å². The van der Waals surface area contributed by atoms with E-state index in [0.29, 0.717) is 11.5 Å². The Morgan fingerprint density at radius 2 is 1.96 bits per heavy atom. The van der Waals surface area contributed by atoms with Crippen molar-refractivity contribution in [3.63, 3.8) is 0 Å². The van der Waals surface area contributed by atoms with Crippen molar-refractivity contribution in [2.45, 2.75) is 45.6 Å². The van der Waals surface area contributed by atoms with Crippen molar-refractivity contribution in [1.29, 1.82) is 0 Å². The summed E-state index contributed by atoms with van der Waals surface area (Å²) in [5.41, 5.74) is 4.62. The van der Waals surface area contributed by atoms with Crippen LogP contribution in [0.15, 0.2) is 42.5 Å². The zero-order chi connectivity index (χ0) is 19.5. The van der Waals surface area contributed by atoms with Gasteiger partial charge in [-0.15, -0.1) is 0 Å². The van der Waals surface area contributed by atoms with E-state index in [2.05, 4.69) is 28.9 Å². The molecule has 0 saturated heterocycles. The molecule has 0 unspecified atom stereocenters. The first-order valence-corrected chi connectivity index (χ1v) is 10.1. The summed E-state index contributed by atoms with van der Waals surface area (Å²) < 4.78 is 7.14. The molecule has 146 valence electrons. The molecule has 1 aromatic heterocycles. The number of fused-ring (bicyclic) bond motifs is 1. The van der Waals surface area contributed by atoms with Crippen LogP contribution in [-0.4, -0.2) is 22.6 Å². The van der Waals surface area contributed by atoms with Crippen LogP contribution in [0.4, 0.5) is 11.6 Å². The van der Waals surface area contributed by atoms with Gasteiger partial charge in [0.1, 0.15) is 0 Å². The fourth-order valence-electron chi connectivity index (χ4n) is 4.12. The van der Waals surface area contributed by atoms with E-state index in [1.807, 2.05) is 30.3 Å². The molecule has 28 heavy (non-hydrogen) atoms. The van der Waals surface area contributed by atoms with E-state index in [0.717, 1.165) is 29.2 Å². The molecule has 0 amide bonds. The zero-order valence-corrected chi connectivity index (χ0v) is 16.6. The molecular formula is C23H27N3O2. The summed E-state index contributed by atoms with van der Waals surface area (Å²) in [5, 5.41) is 3.52. The second-order valence-electron chi connectivity index (χ2n) is 7.69. The first-order chi connectivity index (χ1) is 13.7. The Labute approximate surface area is 165 Å². The highest BCUT2D eigenvalue weighted by atomic mass is 16.5. The highest BCUT2D eigenvalue weighted by Crippen LogP contribution is 2.30. The van der Waals surface area contributed by atoms with Crippen LogP contribution in [0.2, 0.25) is 0 Å². The van der Waals surface area contributed by atoms with E-state index >= 15 is 0 Å². The lowest BCUT2D eigenvalue weighted by atomic mass is 9.89. The molecule has 1 aliphatic carbocycles. The Bertz CT molecular complexity index is 987. The lowest BCUT2D eigenvalue weighted by Crippen LogP contribution is -2.15. The highest BCUT2D eigenvalue weighted by Gasteiger charge is 2.19. The average Bonchev–Trinajstić information content (AvgIpc) is 3.06. The second-order valence-corrected chi connectivity index (χ2v) is 7.69. The molecule has 1 fully saturated rings. The van der Waals surface area contributed by atoms with E-state index in [1.165, 1.54) is 44.8 Å². The number of carbonyl (C=O) groups is 1. The fourth-order valence-corrected chi connectivity index (χ4v) is 4.12. The largest absolute Gasteiger partial charge is 0.465 e. The predicted molar refractivity (Wildman–Crippen MR) is 112 cm³/mol. The van der Waals surface area contributed by atoms with Crippen LogP contribution >= 0.6 is 0 Å². The maximum atomic E-state index is 11.9. The summed E-state index contributed by atoms with van der Waals surface area (Å²) in [5.74, 6) is 1.16. The molecule has 0 aliphatic heterocycles. The summed E-state index contributed by atoms with van der Waals surface area (Å²) in [6.45, 7) is 3.04. The Morgan fingerprint density at radius 3 is 2.71 bits per heavy atom. The van der Waals surface area contributed by atoms with Gasteiger partial charge >= 0.3 is 5.97 Å². The van der Waals surface area contributed by atoms with Crippen molar-refractivity contribution in [2.24, 2.45) is 5.92 Å². The first kappa shape index (κ1) is 18.5. The van der Waals surface area contributed by atoms with Crippen LogP contribution in [-0.2, 0) is 11.3 Å². The molecular weight excluding hydrogens is 350 g/mol. The van der Waals surface area contributed by atoms with Crippen LogP contribution < -0.4 is 5.32 Å². The molecule has 0 radical (unpaired) electrons. The number of aryl methyl sites for hydroxylation is 1. The Morgan fingerprint density at radius 1 is 1.18 bits per heavy atom. The standard InChI is InChI=1S/C23H27N3O2/c1-16-8-6-7-11-19(16)24-23-25-20-14-18(22(27)28-2)12-13-21(20)26(23)15-17-9-4-3-5-10-17/h6-8,11-14,17H,3-5,9-10,15H2,1-2H3,(H,24,25). The fraction of sp³-hybridized carbons (Fsp3) is 0.391. The van der Waals surface area contributed by atoms with Gasteiger partial charge in [0.15, 0.2) is 0 Å². The smallest absolute Gasteiger partial charge is 0.337 e. The average molecular weight is 377 g/mol. The minimum absolute atomic E-state index is 0.336. The third-order valence-electron chi connectivity index (χ3n) is 5.73. The van der Waals surface area contributed by atoms with Gasteiger partial charge in [0, 0.05) is 12.2 Å². The number of esters is 1. The van der Waals surface area contributed by atoms with E-state index < -0.39 is 0 Å². The minimum Gasteiger partial charge on any atom is -0.465 e. The monoisotopic (exact) mass is 377 g/mol. The summed E-state index contributed by atoms with van der Waals surface area (Å²) in [7, 11) is 1.40. The normalized spacial score (nSPS) is 14.9. The summed E-state index contributed by atoms with van der Waals surface area (Å²) in [6.07, 6.45) is 6.50. The Balaban J connectivity index is 1.75. The van der Waals surface area contributed by atoms with Crippen molar-refractivity contribution < 1.29 is 9.53 Å². The SMILES string of the molecule is COC(=O)c1ccc2c(c1)nc(Nc1ccccc1C)n2CC1CCCCC1. The predicted octanol–water partition coefficient (Wildman–Crippen LogP) is 5.46. The quantitative estimate of drug-likeness (QED) is 0.600. The number of benzene rings is 2. The van der Waals surface area contributed by atoms with Crippen molar-refractivity contribution in [1.82, 2.24) is 9.55 Å². The molecule has 3 aromatic rings. The van der Waals surface area contributed by atoms with Gasteiger partial charge in [0.05, 0.1) is 23.7 Å². The maximum absolute atomic E-state index is 11.9. The van der Waals surface area contributed by atoms with Gasteiger partial charge in [-0.2, -0.15) is 0 Å². The van der Waals surface area contributed by atoms with Gasteiger partial charge in [-0.1, -0.05) is 37.5 Å². The van der Waals surface area contributed by atoms with Crippen molar-refractivity contribution in [3.05, 3.63) is 53.6 Å². The van der Waals surface area contributed by atoms with Crippen molar-refractivity contribution >= 4 is 28.6 Å². The maximum Gasteiger partial charge on any atom is 0.337 e. The number of aromatic nitrogens is 2. The highest BCUT2D eigenvalue weighted by molar-refractivity contribution is 5.94. The van der Waals surface area contributed by atoms with Crippen molar-refractivity contribution in [3.8, 4) is 0 Å². The summed E-state index contributed by atoms with van der Waals surface area (Å²) in [4.78, 5) is 16.8. The topological polar surface area (TPSA) is 56.1 Å². The molecule has 0 bridgehead atoms. The molecule has 1 aliphatic rings. The van der Waals surface area contributed by atoms with Gasteiger partial charge in [-0.25, -0.2) is 9.78 Å². The number of ether oxygens (including phenoxy) is 1. The van der Waals surface area contributed by atoms with Gasteiger partial charge in [-0.05, 0) is 55.5 Å². The van der Waals surface area contributed by atoms with E-state index in [-0.39, 0.29) is 5.97 Å². The van der Waals surface area contributed by atoms with Crippen LogP contribution in [0.3, 0.4) is 0 Å². The van der Waals surface area contributed by atoms with Crippen molar-refractivity contribution in [2.75, 3.05) is 12.4 Å². The van der Waals surface area contributed by atoms with Crippen LogP contribution in [0.5, 0.6) is 0 Å². The number of para-hydroxylation sites is 1. The number of nitrogens with one attached hydrogen (secondary N) is 1. The Kier molecular flexibility index (Phi) is 5.33. The number of hydrogen-bond acceptors (Lipinski definition) is 4. The molecule has 5 nitrogen and oxygen atoms in total. The molecule has 0 spiro atoms. The number of rotatable bonds is 5. The van der Waals surface area contributed by atoms with Gasteiger partial charge < -0.3 is 14.6 Å². The van der Waals surface area contributed by atoms with E-state index in [9.17, 15) is 4.79 Å². The third kappa shape index (κ3) is 3.75. The molecule has 4 rings (SSSR count). The first-order valence-electron chi connectivity index (χ1n) is 10.1. The number of anilines is 2. The van der Waals surface area contributed by atoms with Gasteiger partial charge in [0.2, 0.25) is 5.95 Å².